The number of nitrogens with one attached hydrogen (secondary N) is 1. The Morgan fingerprint density at radius 1 is 1.73 bits per heavy atom. The van der Waals surface area contributed by atoms with Crippen LogP contribution in [0.1, 0.15) is 5.82 Å². The first-order valence-corrected chi connectivity index (χ1v) is 5.95. The molecule has 0 fully saturated rings. The van der Waals surface area contributed by atoms with Gasteiger partial charge in [-0.1, -0.05) is 12.2 Å². The van der Waals surface area contributed by atoms with Gasteiger partial charge in [-0.25, -0.2) is 0 Å². The largest absolute Gasteiger partial charge is 0.366 e. The minimum atomic E-state index is 0.206. The minimum Gasteiger partial charge on any atom is -0.366 e. The average Bonchev–Trinajstić information content (AvgIpc) is 2.63. The van der Waals surface area contributed by atoms with E-state index in [1.165, 1.54) is 4.80 Å². The second-order valence-electron chi connectivity index (χ2n) is 2.61. The number of nitrogens with zero attached hydrogens (tertiary/aromatic N) is 5. The molecule has 0 saturated heterocycles. The lowest BCUT2D eigenvalue weighted by atomic mass is 10.4. The predicted octanol–water partition coefficient (Wildman–Crippen LogP) is -0.0233. The van der Waals surface area contributed by atoms with Crippen molar-refractivity contribution in [2.45, 2.75) is 12.3 Å². The standard InChI is InChI=1S/C7H10N6S2/c1-15-5-13-11-6(10-12-13)4-7(14)9-3-2-8/h3-5H2,1H3,(H,9,14). The van der Waals surface area contributed by atoms with Crippen LogP contribution in [0.5, 0.6) is 0 Å². The van der Waals surface area contributed by atoms with Crippen molar-refractivity contribution in [3.63, 3.8) is 0 Å². The Labute approximate surface area is 97.0 Å². The fourth-order valence-corrected chi connectivity index (χ4v) is 1.40. The summed E-state index contributed by atoms with van der Waals surface area (Å²) < 4.78 is 0. The van der Waals surface area contributed by atoms with E-state index in [1.807, 2.05) is 12.3 Å². The average molecular weight is 242 g/mol. The maximum absolute atomic E-state index is 8.33. The van der Waals surface area contributed by atoms with Crippen molar-refractivity contribution in [2.75, 3.05) is 12.8 Å². The van der Waals surface area contributed by atoms with Crippen LogP contribution in [0.2, 0.25) is 0 Å². The van der Waals surface area contributed by atoms with Crippen LogP contribution in [-0.2, 0) is 12.3 Å². The van der Waals surface area contributed by atoms with E-state index < -0.39 is 0 Å². The molecule has 0 saturated carbocycles. The van der Waals surface area contributed by atoms with Gasteiger partial charge in [0.05, 0.1) is 17.5 Å². The highest BCUT2D eigenvalue weighted by Crippen LogP contribution is 1.96. The molecule has 1 rings (SSSR count). The summed E-state index contributed by atoms with van der Waals surface area (Å²) in [6, 6.07) is 1.95. The highest BCUT2D eigenvalue weighted by atomic mass is 32.2. The van der Waals surface area contributed by atoms with Gasteiger partial charge in [0.25, 0.3) is 0 Å². The number of tetrazole rings is 1. The number of rotatable bonds is 5. The molecule has 80 valence electrons. The summed E-state index contributed by atoms with van der Waals surface area (Å²) in [5.41, 5.74) is 0. The second kappa shape index (κ2) is 6.31. The third-order valence-corrected chi connectivity index (χ3v) is 2.20. The normalized spacial score (nSPS) is 9.60. The molecule has 0 aromatic carbocycles. The lowest BCUT2D eigenvalue weighted by Gasteiger charge is -1.99. The number of thioether (sulfide) groups is 1. The summed E-state index contributed by atoms with van der Waals surface area (Å²) >= 11 is 6.60. The Morgan fingerprint density at radius 3 is 3.20 bits per heavy atom. The molecule has 0 bridgehead atoms. The number of nitriles is 1. The first kappa shape index (κ1) is 11.9. The Balaban J connectivity index is 2.43. The molecule has 0 aliphatic heterocycles. The number of hydrogen-bond acceptors (Lipinski definition) is 6. The molecule has 1 heterocycles. The van der Waals surface area contributed by atoms with Gasteiger partial charge in [-0.05, 0) is 11.5 Å². The monoisotopic (exact) mass is 242 g/mol. The second-order valence-corrected chi connectivity index (χ2v) is 3.94. The van der Waals surface area contributed by atoms with Crippen molar-refractivity contribution in [2.24, 2.45) is 0 Å². The van der Waals surface area contributed by atoms with Crippen molar-refractivity contribution < 1.29 is 0 Å². The fraction of sp³-hybridized carbons (Fsp3) is 0.571. The molecular weight excluding hydrogens is 232 g/mol. The van der Waals surface area contributed by atoms with E-state index in [0.717, 1.165) is 0 Å². The van der Waals surface area contributed by atoms with Gasteiger partial charge in [-0.15, -0.1) is 22.0 Å². The smallest absolute Gasteiger partial charge is 0.181 e. The third-order valence-electron chi connectivity index (χ3n) is 1.42. The molecule has 1 aromatic rings. The molecule has 6 nitrogen and oxygen atoms in total. The van der Waals surface area contributed by atoms with Gasteiger partial charge in [-0.3, -0.25) is 0 Å². The Kier molecular flexibility index (Phi) is 5.00. The van der Waals surface area contributed by atoms with E-state index in [1.54, 1.807) is 11.8 Å². The topological polar surface area (TPSA) is 79.4 Å². The molecule has 1 aromatic heterocycles. The molecular formula is C7H10N6S2. The summed E-state index contributed by atoms with van der Waals surface area (Å²) in [7, 11) is 0. The van der Waals surface area contributed by atoms with Gasteiger partial charge in [0, 0.05) is 0 Å². The Hall–Kier alpha value is -1.20. The summed E-state index contributed by atoms with van der Waals surface area (Å²) in [6.07, 6.45) is 2.38. The molecule has 0 atom stereocenters. The molecule has 0 aliphatic carbocycles. The van der Waals surface area contributed by atoms with E-state index in [9.17, 15) is 0 Å². The molecule has 15 heavy (non-hydrogen) atoms. The number of thiocarbonyl (C=S) groups is 1. The zero-order valence-electron chi connectivity index (χ0n) is 8.17. The van der Waals surface area contributed by atoms with Gasteiger partial charge < -0.3 is 5.32 Å². The lowest BCUT2D eigenvalue weighted by Crippen LogP contribution is -2.23. The van der Waals surface area contributed by atoms with Crippen molar-refractivity contribution >= 4 is 29.0 Å². The van der Waals surface area contributed by atoms with Gasteiger partial charge in [0.15, 0.2) is 5.82 Å². The van der Waals surface area contributed by atoms with Crippen LogP contribution in [0.3, 0.4) is 0 Å². The highest BCUT2D eigenvalue weighted by Gasteiger charge is 2.05. The van der Waals surface area contributed by atoms with E-state index in [0.29, 0.717) is 23.1 Å². The predicted molar refractivity (Wildman–Crippen MR) is 61.2 cm³/mol. The first-order chi connectivity index (χ1) is 7.26. The summed E-state index contributed by atoms with van der Waals surface area (Å²) in [6.45, 7) is 0.206. The minimum absolute atomic E-state index is 0.206. The van der Waals surface area contributed by atoms with E-state index in [2.05, 4.69) is 20.7 Å². The van der Waals surface area contributed by atoms with Gasteiger partial charge in [0.1, 0.15) is 12.4 Å². The SMILES string of the molecule is CSCn1nnc(CC(=S)NCC#N)n1. The molecule has 0 radical (unpaired) electrons. The third kappa shape index (κ3) is 4.22. The van der Waals surface area contributed by atoms with Crippen LogP contribution in [0.4, 0.5) is 0 Å². The Bertz CT molecular complexity index is 368. The highest BCUT2D eigenvalue weighted by molar-refractivity contribution is 7.97. The molecule has 0 unspecified atom stereocenters. The molecule has 1 N–H and O–H groups in total. The summed E-state index contributed by atoms with van der Waals surface area (Å²) in [4.78, 5) is 2.06. The van der Waals surface area contributed by atoms with E-state index in [-0.39, 0.29) is 6.54 Å². The van der Waals surface area contributed by atoms with Crippen LogP contribution in [0.15, 0.2) is 0 Å². The van der Waals surface area contributed by atoms with Crippen LogP contribution in [0, 0.1) is 11.3 Å². The zero-order chi connectivity index (χ0) is 11.1. The zero-order valence-corrected chi connectivity index (χ0v) is 9.81. The van der Waals surface area contributed by atoms with Crippen LogP contribution < -0.4 is 5.32 Å². The molecule has 0 aliphatic rings. The van der Waals surface area contributed by atoms with E-state index >= 15 is 0 Å². The van der Waals surface area contributed by atoms with Gasteiger partial charge in [-0.2, -0.15) is 10.1 Å². The van der Waals surface area contributed by atoms with Crippen molar-refractivity contribution in [3.05, 3.63) is 5.82 Å². The van der Waals surface area contributed by atoms with Crippen molar-refractivity contribution in [1.29, 1.82) is 5.26 Å². The molecule has 8 heteroatoms. The maximum atomic E-state index is 8.33. The number of aromatic nitrogens is 4. The van der Waals surface area contributed by atoms with E-state index in [4.69, 9.17) is 17.5 Å². The quantitative estimate of drug-likeness (QED) is 0.574. The molecule has 0 spiro atoms. The van der Waals surface area contributed by atoms with Crippen molar-refractivity contribution in [1.82, 2.24) is 25.5 Å². The Morgan fingerprint density at radius 2 is 2.53 bits per heavy atom. The van der Waals surface area contributed by atoms with Crippen LogP contribution in [0.25, 0.3) is 0 Å². The van der Waals surface area contributed by atoms with Crippen LogP contribution in [-0.4, -0.2) is 38.0 Å². The lowest BCUT2D eigenvalue weighted by molar-refractivity contribution is 0.617. The fourth-order valence-electron chi connectivity index (χ4n) is 0.862. The molecule has 0 amide bonds. The van der Waals surface area contributed by atoms with Crippen LogP contribution >= 0.6 is 24.0 Å². The number of hydrogen-bond donors (Lipinski definition) is 1. The van der Waals surface area contributed by atoms with Gasteiger partial charge >= 0.3 is 0 Å². The summed E-state index contributed by atoms with van der Waals surface area (Å²) in [5.74, 6) is 1.24. The summed E-state index contributed by atoms with van der Waals surface area (Å²) in [5, 5.41) is 22.9. The first-order valence-electron chi connectivity index (χ1n) is 4.15. The van der Waals surface area contributed by atoms with Crippen molar-refractivity contribution in [3.8, 4) is 6.07 Å². The maximum Gasteiger partial charge on any atom is 0.181 e. The van der Waals surface area contributed by atoms with Gasteiger partial charge in [0.2, 0.25) is 0 Å².